The molecular formula is C12H22O. The second-order valence-corrected chi connectivity index (χ2v) is 4.56. The van der Waals surface area contributed by atoms with Gasteiger partial charge in [0.1, 0.15) is 0 Å². The van der Waals surface area contributed by atoms with E-state index in [1.807, 2.05) is 0 Å². The molecule has 0 aromatic carbocycles. The molecule has 0 aromatic heterocycles. The zero-order chi connectivity index (χ0) is 9.90. The summed E-state index contributed by atoms with van der Waals surface area (Å²) in [6.45, 7) is 7.09. The predicted octanol–water partition coefficient (Wildman–Crippen LogP) is 3.29. The molecule has 0 bridgehead atoms. The van der Waals surface area contributed by atoms with Gasteiger partial charge in [0.2, 0.25) is 0 Å². The highest BCUT2D eigenvalue weighted by Gasteiger charge is 2.30. The van der Waals surface area contributed by atoms with Crippen LogP contribution in [0.1, 0.15) is 52.9 Å². The van der Waals surface area contributed by atoms with E-state index in [4.69, 9.17) is 5.11 Å². The summed E-state index contributed by atoms with van der Waals surface area (Å²) in [6, 6.07) is 0. The summed E-state index contributed by atoms with van der Waals surface area (Å²) in [7, 11) is 0. The quantitative estimate of drug-likeness (QED) is 0.664. The highest BCUT2D eigenvalue weighted by atomic mass is 16.3. The molecule has 0 aliphatic heterocycles. The van der Waals surface area contributed by atoms with Gasteiger partial charge in [0.15, 0.2) is 0 Å². The maximum absolute atomic E-state index is 9.05. The van der Waals surface area contributed by atoms with Gasteiger partial charge in [0.25, 0.3) is 0 Å². The molecule has 0 spiro atoms. The summed E-state index contributed by atoms with van der Waals surface area (Å²) in [5.41, 5.74) is 3.54. The molecule has 13 heavy (non-hydrogen) atoms. The monoisotopic (exact) mass is 182 g/mol. The number of rotatable bonds is 3. The van der Waals surface area contributed by atoms with Gasteiger partial charge in [-0.3, -0.25) is 0 Å². The number of aliphatic hydroxyl groups excluding tert-OH is 1. The van der Waals surface area contributed by atoms with E-state index >= 15 is 0 Å². The first kappa shape index (κ1) is 10.8. The maximum atomic E-state index is 9.05. The molecule has 1 aliphatic carbocycles. The maximum Gasteiger partial charge on any atom is 0.0436 e. The third-order valence-electron chi connectivity index (χ3n) is 3.79. The molecule has 0 heterocycles. The normalized spacial score (nSPS) is 29.5. The SMILES string of the molecule is CC[C@@]1(CCO)CCC(C)=C(C)C1. The fourth-order valence-electron chi connectivity index (χ4n) is 2.40. The van der Waals surface area contributed by atoms with Gasteiger partial charge in [0.05, 0.1) is 0 Å². The number of aliphatic hydroxyl groups is 1. The van der Waals surface area contributed by atoms with E-state index < -0.39 is 0 Å². The van der Waals surface area contributed by atoms with Crippen LogP contribution in [0.4, 0.5) is 0 Å². The van der Waals surface area contributed by atoms with Crippen molar-refractivity contribution in [2.75, 3.05) is 6.61 Å². The second-order valence-electron chi connectivity index (χ2n) is 4.56. The minimum atomic E-state index is 0.347. The number of allylic oxidation sites excluding steroid dienone is 2. The Morgan fingerprint density at radius 2 is 2.00 bits per heavy atom. The lowest BCUT2D eigenvalue weighted by molar-refractivity contribution is 0.154. The summed E-state index contributed by atoms with van der Waals surface area (Å²) in [5.74, 6) is 0. The minimum absolute atomic E-state index is 0.347. The van der Waals surface area contributed by atoms with Crippen LogP contribution in [0.25, 0.3) is 0 Å². The van der Waals surface area contributed by atoms with Crippen molar-refractivity contribution in [1.29, 1.82) is 0 Å². The number of hydrogen-bond donors (Lipinski definition) is 1. The molecule has 1 N–H and O–H groups in total. The first-order valence-corrected chi connectivity index (χ1v) is 5.39. The van der Waals surface area contributed by atoms with Crippen molar-refractivity contribution in [3.8, 4) is 0 Å². The average Bonchev–Trinajstić information content (AvgIpc) is 2.12. The molecule has 1 nitrogen and oxygen atoms in total. The average molecular weight is 182 g/mol. The number of hydrogen-bond acceptors (Lipinski definition) is 1. The molecule has 0 saturated carbocycles. The molecule has 76 valence electrons. The fraction of sp³-hybridized carbons (Fsp3) is 0.833. The van der Waals surface area contributed by atoms with Gasteiger partial charge in [-0.2, -0.15) is 0 Å². The highest BCUT2D eigenvalue weighted by Crippen LogP contribution is 2.43. The smallest absolute Gasteiger partial charge is 0.0436 e. The first-order valence-electron chi connectivity index (χ1n) is 5.39. The Hall–Kier alpha value is -0.300. The molecule has 1 rings (SSSR count). The second kappa shape index (κ2) is 4.28. The van der Waals surface area contributed by atoms with E-state index in [0.29, 0.717) is 12.0 Å². The van der Waals surface area contributed by atoms with Gasteiger partial charge in [-0.25, -0.2) is 0 Å². The molecule has 0 fully saturated rings. The van der Waals surface area contributed by atoms with Crippen LogP contribution in [-0.4, -0.2) is 11.7 Å². The molecule has 0 amide bonds. The Bertz CT molecular complexity index is 205. The Balaban J connectivity index is 2.71. The van der Waals surface area contributed by atoms with Crippen LogP contribution < -0.4 is 0 Å². The van der Waals surface area contributed by atoms with E-state index in [-0.39, 0.29) is 0 Å². The van der Waals surface area contributed by atoms with Gasteiger partial charge in [0, 0.05) is 6.61 Å². The fourth-order valence-corrected chi connectivity index (χ4v) is 2.40. The minimum Gasteiger partial charge on any atom is -0.396 e. The van der Waals surface area contributed by atoms with E-state index in [1.54, 1.807) is 11.1 Å². The summed E-state index contributed by atoms with van der Waals surface area (Å²) >= 11 is 0. The Labute approximate surface area is 81.9 Å². The van der Waals surface area contributed by atoms with Crippen molar-refractivity contribution in [3.63, 3.8) is 0 Å². The van der Waals surface area contributed by atoms with Crippen molar-refractivity contribution in [1.82, 2.24) is 0 Å². The third-order valence-corrected chi connectivity index (χ3v) is 3.79. The van der Waals surface area contributed by atoms with Gasteiger partial charge in [-0.1, -0.05) is 24.5 Å². The molecule has 1 atom stereocenters. The summed E-state index contributed by atoms with van der Waals surface area (Å²) in [5, 5.41) is 9.05. The van der Waals surface area contributed by atoms with Crippen molar-refractivity contribution in [3.05, 3.63) is 11.1 Å². The van der Waals surface area contributed by atoms with Crippen LogP contribution in [0.2, 0.25) is 0 Å². The van der Waals surface area contributed by atoms with Crippen LogP contribution in [0.15, 0.2) is 11.1 Å². The van der Waals surface area contributed by atoms with Gasteiger partial charge in [-0.15, -0.1) is 0 Å². The van der Waals surface area contributed by atoms with Crippen LogP contribution >= 0.6 is 0 Å². The lowest BCUT2D eigenvalue weighted by Gasteiger charge is -2.37. The van der Waals surface area contributed by atoms with Gasteiger partial charge >= 0.3 is 0 Å². The van der Waals surface area contributed by atoms with Gasteiger partial charge < -0.3 is 5.11 Å². The zero-order valence-corrected chi connectivity index (χ0v) is 9.19. The largest absolute Gasteiger partial charge is 0.396 e. The van der Waals surface area contributed by atoms with E-state index in [1.165, 1.54) is 25.7 Å². The first-order chi connectivity index (χ1) is 6.13. The van der Waals surface area contributed by atoms with E-state index in [9.17, 15) is 0 Å². The van der Waals surface area contributed by atoms with Gasteiger partial charge in [-0.05, 0) is 44.9 Å². The highest BCUT2D eigenvalue weighted by molar-refractivity contribution is 5.16. The lowest BCUT2D eigenvalue weighted by atomic mass is 9.69. The van der Waals surface area contributed by atoms with Crippen LogP contribution in [-0.2, 0) is 0 Å². The Kier molecular flexibility index (Phi) is 3.55. The standard InChI is InChI=1S/C12H22O/c1-4-12(7-8-13)6-5-10(2)11(3)9-12/h13H,4-9H2,1-3H3/t12-/m0/s1. The predicted molar refractivity (Wildman–Crippen MR) is 56.7 cm³/mol. The van der Waals surface area contributed by atoms with E-state index in [2.05, 4.69) is 20.8 Å². The van der Waals surface area contributed by atoms with Crippen molar-refractivity contribution in [2.24, 2.45) is 5.41 Å². The summed E-state index contributed by atoms with van der Waals surface area (Å²) < 4.78 is 0. The van der Waals surface area contributed by atoms with Crippen LogP contribution in [0, 0.1) is 5.41 Å². The van der Waals surface area contributed by atoms with Crippen molar-refractivity contribution >= 4 is 0 Å². The third kappa shape index (κ3) is 2.34. The van der Waals surface area contributed by atoms with Crippen molar-refractivity contribution < 1.29 is 5.11 Å². The molecule has 0 saturated heterocycles. The molecule has 0 aromatic rings. The summed E-state index contributed by atoms with van der Waals surface area (Å²) in [6.07, 6.45) is 5.90. The summed E-state index contributed by atoms with van der Waals surface area (Å²) in [4.78, 5) is 0. The lowest BCUT2D eigenvalue weighted by Crippen LogP contribution is -2.25. The Morgan fingerprint density at radius 1 is 1.31 bits per heavy atom. The molecule has 0 unspecified atom stereocenters. The molecule has 0 radical (unpaired) electrons. The topological polar surface area (TPSA) is 20.2 Å². The molecule has 1 heteroatoms. The van der Waals surface area contributed by atoms with Crippen LogP contribution in [0.3, 0.4) is 0 Å². The van der Waals surface area contributed by atoms with Crippen LogP contribution in [0.5, 0.6) is 0 Å². The Morgan fingerprint density at radius 3 is 2.46 bits per heavy atom. The van der Waals surface area contributed by atoms with E-state index in [0.717, 1.165) is 6.42 Å². The molecular weight excluding hydrogens is 160 g/mol. The van der Waals surface area contributed by atoms with Crippen molar-refractivity contribution in [2.45, 2.75) is 52.9 Å². The zero-order valence-electron chi connectivity index (χ0n) is 9.19. The molecule has 1 aliphatic rings.